The monoisotopic (exact) mass is 330 g/mol. The zero-order valence-electron chi connectivity index (χ0n) is 13.2. The lowest BCUT2D eigenvalue weighted by molar-refractivity contribution is -0.860. The van der Waals surface area contributed by atoms with Crippen LogP contribution in [-0.4, -0.2) is 45.1 Å². The van der Waals surface area contributed by atoms with Crippen LogP contribution in [0.25, 0.3) is 0 Å². The summed E-state index contributed by atoms with van der Waals surface area (Å²) < 4.78 is 26.2. The lowest BCUT2D eigenvalue weighted by atomic mass is 10.2. The van der Waals surface area contributed by atoms with Crippen LogP contribution in [0, 0.1) is 11.6 Å². The molecule has 1 aromatic rings. The molecule has 23 heavy (non-hydrogen) atoms. The summed E-state index contributed by atoms with van der Waals surface area (Å²) in [5, 5.41) is 14.8. The van der Waals surface area contributed by atoms with Gasteiger partial charge in [0.15, 0.2) is 0 Å². The number of nitrogens with two attached hydrogens (primary N) is 1. The van der Waals surface area contributed by atoms with Gasteiger partial charge in [-0.05, 0) is 12.1 Å². The number of carboxylic acid groups (broad SMARTS) is 1. The molecule has 0 saturated heterocycles. The van der Waals surface area contributed by atoms with E-state index in [9.17, 15) is 23.5 Å². The van der Waals surface area contributed by atoms with Crippen LogP contribution in [0.1, 0.15) is 12.8 Å². The maximum atomic E-state index is 13.4. The SMILES string of the molecule is C[NH+](C)CCC[NH2+][C@H](CC(=O)Nc1ccc(F)cc1F)C(=O)[O-]. The van der Waals surface area contributed by atoms with Crippen LogP contribution in [0.5, 0.6) is 0 Å². The van der Waals surface area contributed by atoms with Crippen LogP contribution in [0.4, 0.5) is 14.5 Å². The number of anilines is 1. The van der Waals surface area contributed by atoms with Gasteiger partial charge in [0.2, 0.25) is 5.91 Å². The van der Waals surface area contributed by atoms with E-state index in [0.29, 0.717) is 12.6 Å². The third-order valence-electron chi connectivity index (χ3n) is 3.25. The Morgan fingerprint density at radius 2 is 2.04 bits per heavy atom. The molecule has 0 unspecified atom stereocenters. The summed E-state index contributed by atoms with van der Waals surface area (Å²) in [5.41, 5.74) is -0.190. The van der Waals surface area contributed by atoms with Crippen molar-refractivity contribution in [3.8, 4) is 0 Å². The van der Waals surface area contributed by atoms with E-state index >= 15 is 0 Å². The van der Waals surface area contributed by atoms with E-state index < -0.39 is 29.6 Å². The van der Waals surface area contributed by atoms with Crippen molar-refractivity contribution < 1.29 is 33.7 Å². The van der Waals surface area contributed by atoms with Crippen molar-refractivity contribution in [2.45, 2.75) is 18.9 Å². The number of hydrogen-bond acceptors (Lipinski definition) is 3. The summed E-state index contributed by atoms with van der Waals surface area (Å²) in [7, 11) is 3.97. The highest BCUT2D eigenvalue weighted by molar-refractivity contribution is 5.93. The number of carbonyl (C=O) groups excluding carboxylic acids is 2. The molecule has 0 aliphatic heterocycles. The molecule has 6 nitrogen and oxygen atoms in total. The number of carbonyl (C=O) groups is 2. The topological polar surface area (TPSA) is 90.3 Å². The van der Waals surface area contributed by atoms with Gasteiger partial charge < -0.3 is 25.4 Å². The molecule has 0 aromatic heterocycles. The van der Waals surface area contributed by atoms with Gasteiger partial charge in [-0.3, -0.25) is 4.79 Å². The quantitative estimate of drug-likeness (QED) is 0.438. The fourth-order valence-corrected chi connectivity index (χ4v) is 2.03. The van der Waals surface area contributed by atoms with E-state index in [-0.39, 0.29) is 12.1 Å². The van der Waals surface area contributed by atoms with Crippen LogP contribution in [0.2, 0.25) is 0 Å². The predicted molar refractivity (Wildman–Crippen MR) is 77.5 cm³/mol. The van der Waals surface area contributed by atoms with Gasteiger partial charge in [-0.15, -0.1) is 0 Å². The molecule has 1 atom stereocenters. The van der Waals surface area contributed by atoms with E-state index in [1.807, 2.05) is 14.1 Å². The van der Waals surface area contributed by atoms with Crippen molar-refractivity contribution in [3.63, 3.8) is 0 Å². The zero-order valence-corrected chi connectivity index (χ0v) is 13.2. The largest absolute Gasteiger partial charge is 0.544 e. The molecule has 0 saturated carbocycles. The number of halogens is 2. The zero-order chi connectivity index (χ0) is 17.4. The van der Waals surface area contributed by atoms with Gasteiger partial charge in [0.1, 0.15) is 17.7 Å². The molecule has 0 aliphatic carbocycles. The van der Waals surface area contributed by atoms with Crippen molar-refractivity contribution in [1.82, 2.24) is 0 Å². The van der Waals surface area contributed by atoms with Crippen LogP contribution in [-0.2, 0) is 9.59 Å². The average molecular weight is 330 g/mol. The number of hydrogen-bond donors (Lipinski definition) is 3. The highest BCUT2D eigenvalue weighted by Crippen LogP contribution is 2.15. The minimum Gasteiger partial charge on any atom is -0.544 e. The Hall–Kier alpha value is -2.06. The normalized spacial score (nSPS) is 12.2. The summed E-state index contributed by atoms with van der Waals surface area (Å²) in [6.07, 6.45) is 0.439. The maximum absolute atomic E-state index is 13.4. The number of aliphatic carboxylic acids is 1. The fourth-order valence-electron chi connectivity index (χ4n) is 2.03. The Labute approximate surface area is 133 Å². The number of benzene rings is 1. The molecule has 4 N–H and O–H groups in total. The molecule has 1 rings (SSSR count). The van der Waals surface area contributed by atoms with Gasteiger partial charge in [0.25, 0.3) is 0 Å². The van der Waals surface area contributed by atoms with Gasteiger partial charge in [-0.2, -0.15) is 0 Å². The summed E-state index contributed by atoms with van der Waals surface area (Å²) in [6, 6.07) is 1.68. The second-order valence-electron chi connectivity index (χ2n) is 5.64. The Balaban J connectivity index is 2.52. The van der Waals surface area contributed by atoms with Crippen molar-refractivity contribution >= 4 is 17.6 Å². The molecular weight excluding hydrogens is 308 g/mol. The molecule has 0 fully saturated rings. The molecular formula is C15H22F2N3O3+. The minimum atomic E-state index is -1.35. The smallest absolute Gasteiger partial charge is 0.230 e. The number of nitrogens with one attached hydrogen (secondary N) is 2. The number of rotatable bonds is 9. The highest BCUT2D eigenvalue weighted by atomic mass is 19.1. The van der Waals surface area contributed by atoms with E-state index in [4.69, 9.17) is 0 Å². The van der Waals surface area contributed by atoms with Crippen molar-refractivity contribution in [1.29, 1.82) is 0 Å². The van der Waals surface area contributed by atoms with Gasteiger partial charge in [0.05, 0.1) is 45.3 Å². The predicted octanol–water partition coefficient (Wildman–Crippen LogP) is -2.49. The highest BCUT2D eigenvalue weighted by Gasteiger charge is 2.19. The average Bonchev–Trinajstić information content (AvgIpc) is 2.44. The first-order valence-electron chi connectivity index (χ1n) is 7.37. The Morgan fingerprint density at radius 3 is 2.61 bits per heavy atom. The Kier molecular flexibility index (Phi) is 7.56. The van der Waals surface area contributed by atoms with Gasteiger partial charge in [0, 0.05) is 12.5 Å². The molecule has 0 heterocycles. The molecule has 0 spiro atoms. The summed E-state index contributed by atoms with van der Waals surface area (Å²) >= 11 is 0. The summed E-state index contributed by atoms with van der Waals surface area (Å²) in [5.74, 6) is -3.69. The second-order valence-corrected chi connectivity index (χ2v) is 5.64. The van der Waals surface area contributed by atoms with E-state index in [1.165, 1.54) is 10.2 Å². The first-order valence-corrected chi connectivity index (χ1v) is 7.37. The molecule has 8 heteroatoms. The van der Waals surface area contributed by atoms with Gasteiger partial charge in [-0.25, -0.2) is 8.78 Å². The van der Waals surface area contributed by atoms with Crippen LogP contribution >= 0.6 is 0 Å². The van der Waals surface area contributed by atoms with Crippen LogP contribution < -0.4 is 20.6 Å². The molecule has 0 aliphatic rings. The van der Waals surface area contributed by atoms with Gasteiger partial charge >= 0.3 is 0 Å². The Bertz CT molecular complexity index is 553. The molecule has 0 bridgehead atoms. The van der Waals surface area contributed by atoms with Crippen LogP contribution in [0.15, 0.2) is 18.2 Å². The minimum absolute atomic E-state index is 0.190. The van der Waals surface area contributed by atoms with Crippen molar-refractivity contribution in [3.05, 3.63) is 29.8 Å². The number of amides is 1. The van der Waals surface area contributed by atoms with E-state index in [1.54, 1.807) is 0 Å². The third-order valence-corrected chi connectivity index (χ3v) is 3.25. The summed E-state index contributed by atoms with van der Waals surface area (Å²) in [4.78, 5) is 24.1. The maximum Gasteiger partial charge on any atom is 0.230 e. The fraction of sp³-hybridized carbons (Fsp3) is 0.467. The second kappa shape index (κ2) is 9.16. The molecule has 0 radical (unpaired) electrons. The molecule has 1 amide bonds. The van der Waals surface area contributed by atoms with Crippen molar-refractivity contribution in [2.75, 3.05) is 32.5 Å². The lowest BCUT2D eigenvalue weighted by Crippen LogP contribution is -3.06. The van der Waals surface area contributed by atoms with E-state index in [2.05, 4.69) is 5.32 Å². The number of carboxylic acids is 1. The lowest BCUT2D eigenvalue weighted by Gasteiger charge is -2.16. The first kappa shape index (κ1) is 19.0. The third kappa shape index (κ3) is 7.16. The molecule has 128 valence electrons. The standard InChI is InChI=1S/C15H21F2N3O3/c1-20(2)7-3-6-18-13(15(22)23)9-14(21)19-12-5-4-10(16)8-11(12)17/h4-5,8,13,18H,3,6-7,9H2,1-2H3,(H,19,21)(H,22,23)/p+1/t13-/m1/s1. The summed E-state index contributed by atoms with van der Waals surface area (Å²) in [6.45, 7) is 1.42. The van der Waals surface area contributed by atoms with Gasteiger partial charge in [-0.1, -0.05) is 0 Å². The van der Waals surface area contributed by atoms with Crippen LogP contribution in [0.3, 0.4) is 0 Å². The Morgan fingerprint density at radius 1 is 1.35 bits per heavy atom. The van der Waals surface area contributed by atoms with Crippen molar-refractivity contribution in [2.24, 2.45) is 0 Å². The number of quaternary nitrogens is 2. The first-order chi connectivity index (χ1) is 10.8. The molecule has 1 aromatic carbocycles. The van der Waals surface area contributed by atoms with E-state index in [0.717, 1.165) is 25.1 Å².